The van der Waals surface area contributed by atoms with Gasteiger partial charge in [0, 0.05) is 34.9 Å². The van der Waals surface area contributed by atoms with Crippen LogP contribution >= 0.6 is 15.9 Å². The monoisotopic (exact) mass is 340 g/mol. The van der Waals surface area contributed by atoms with Crippen molar-refractivity contribution in [2.45, 2.75) is 19.4 Å². The lowest BCUT2D eigenvalue weighted by Gasteiger charge is -2.17. The smallest absolute Gasteiger partial charge is 0.272 e. The molecule has 0 fully saturated rings. The molecular formula is C15H15BrF2N2. The zero-order valence-corrected chi connectivity index (χ0v) is 12.5. The molecule has 106 valence electrons. The number of nitrogens with two attached hydrogens (primary N) is 1. The van der Waals surface area contributed by atoms with E-state index >= 15 is 0 Å². The van der Waals surface area contributed by atoms with E-state index in [-0.39, 0.29) is 5.56 Å². The molecule has 3 N–H and O–H groups in total. The van der Waals surface area contributed by atoms with Crippen LogP contribution in [0.2, 0.25) is 0 Å². The highest BCUT2D eigenvalue weighted by Crippen LogP contribution is 2.36. The Bertz CT molecular complexity index is 592. The SMILES string of the molecule is CC(F)(F)c1cc(Br)ccc1Nc1ccc(CN)cc1. The normalized spacial score (nSPS) is 11.4. The van der Waals surface area contributed by atoms with Gasteiger partial charge in [-0.15, -0.1) is 0 Å². The summed E-state index contributed by atoms with van der Waals surface area (Å²) in [6.07, 6.45) is 0. The van der Waals surface area contributed by atoms with Crippen LogP contribution in [0.1, 0.15) is 18.1 Å². The summed E-state index contributed by atoms with van der Waals surface area (Å²) < 4.78 is 27.9. The Morgan fingerprint density at radius 1 is 1.15 bits per heavy atom. The molecule has 2 aromatic carbocycles. The molecule has 0 aliphatic carbocycles. The molecule has 5 heteroatoms. The molecule has 0 aliphatic rings. The number of benzene rings is 2. The van der Waals surface area contributed by atoms with Crippen molar-refractivity contribution >= 4 is 27.3 Å². The summed E-state index contributed by atoms with van der Waals surface area (Å²) in [5.74, 6) is -2.91. The average molecular weight is 341 g/mol. The van der Waals surface area contributed by atoms with Crippen LogP contribution in [0.3, 0.4) is 0 Å². The molecule has 2 aromatic rings. The number of halogens is 3. The third-order valence-corrected chi connectivity index (χ3v) is 3.42. The van der Waals surface area contributed by atoms with Crippen LogP contribution in [0.15, 0.2) is 46.9 Å². The summed E-state index contributed by atoms with van der Waals surface area (Å²) in [5, 5.41) is 3.02. The maximum atomic E-state index is 13.6. The fourth-order valence-electron chi connectivity index (χ4n) is 1.87. The molecule has 0 aliphatic heterocycles. The third kappa shape index (κ3) is 3.55. The van der Waals surface area contributed by atoms with E-state index in [1.807, 2.05) is 24.3 Å². The van der Waals surface area contributed by atoms with Crippen LogP contribution in [-0.2, 0) is 12.5 Å². The fraction of sp³-hybridized carbons (Fsp3) is 0.200. The van der Waals surface area contributed by atoms with Gasteiger partial charge in [0.25, 0.3) is 5.92 Å². The molecule has 20 heavy (non-hydrogen) atoms. The topological polar surface area (TPSA) is 38.0 Å². The highest BCUT2D eigenvalue weighted by Gasteiger charge is 2.27. The summed E-state index contributed by atoms with van der Waals surface area (Å²) in [5.41, 5.74) is 7.61. The van der Waals surface area contributed by atoms with Crippen molar-refractivity contribution in [3.8, 4) is 0 Å². The van der Waals surface area contributed by atoms with Gasteiger partial charge in [-0.05, 0) is 35.9 Å². The molecule has 2 rings (SSSR count). The molecule has 2 nitrogen and oxygen atoms in total. The molecule has 0 radical (unpaired) electrons. The predicted octanol–water partition coefficient (Wildman–Crippen LogP) is 4.76. The second kappa shape index (κ2) is 5.89. The summed E-state index contributed by atoms with van der Waals surface area (Å²) >= 11 is 3.22. The second-order valence-electron chi connectivity index (χ2n) is 4.60. The summed E-state index contributed by atoms with van der Waals surface area (Å²) in [6, 6.07) is 12.2. The van der Waals surface area contributed by atoms with Gasteiger partial charge in [0.2, 0.25) is 0 Å². The van der Waals surface area contributed by atoms with Crippen LogP contribution < -0.4 is 11.1 Å². The summed E-state index contributed by atoms with van der Waals surface area (Å²) in [7, 11) is 0. The number of hydrogen-bond acceptors (Lipinski definition) is 2. The molecule has 0 atom stereocenters. The second-order valence-corrected chi connectivity index (χ2v) is 5.52. The van der Waals surface area contributed by atoms with Gasteiger partial charge in [-0.3, -0.25) is 0 Å². The van der Waals surface area contributed by atoms with Gasteiger partial charge in [-0.25, -0.2) is 8.78 Å². The Morgan fingerprint density at radius 3 is 2.35 bits per heavy atom. The van der Waals surface area contributed by atoms with Gasteiger partial charge in [0.1, 0.15) is 0 Å². The molecule has 0 amide bonds. The van der Waals surface area contributed by atoms with Crippen LogP contribution in [0.5, 0.6) is 0 Å². The molecule has 0 bridgehead atoms. The maximum absolute atomic E-state index is 13.6. The highest BCUT2D eigenvalue weighted by molar-refractivity contribution is 9.10. The van der Waals surface area contributed by atoms with Crippen molar-refractivity contribution in [3.63, 3.8) is 0 Å². The highest BCUT2D eigenvalue weighted by atomic mass is 79.9. The van der Waals surface area contributed by atoms with Gasteiger partial charge >= 0.3 is 0 Å². The van der Waals surface area contributed by atoms with Gasteiger partial charge < -0.3 is 11.1 Å². The van der Waals surface area contributed by atoms with Crippen LogP contribution in [-0.4, -0.2) is 0 Å². The molecule has 0 saturated heterocycles. The fourth-order valence-corrected chi connectivity index (χ4v) is 2.23. The largest absolute Gasteiger partial charge is 0.355 e. The van der Waals surface area contributed by atoms with E-state index in [1.165, 1.54) is 6.07 Å². The molecule has 0 heterocycles. The van der Waals surface area contributed by atoms with Crippen LogP contribution in [0, 0.1) is 0 Å². The van der Waals surface area contributed by atoms with Crippen molar-refractivity contribution in [2.24, 2.45) is 5.73 Å². The predicted molar refractivity (Wildman–Crippen MR) is 81.3 cm³/mol. The summed E-state index contributed by atoms with van der Waals surface area (Å²) in [6.45, 7) is 1.34. The number of anilines is 2. The van der Waals surface area contributed by atoms with Crippen molar-refractivity contribution in [3.05, 3.63) is 58.1 Å². The van der Waals surface area contributed by atoms with Crippen molar-refractivity contribution in [1.82, 2.24) is 0 Å². The minimum absolute atomic E-state index is 0.0465. The number of hydrogen-bond donors (Lipinski definition) is 2. The molecule has 0 spiro atoms. The van der Waals surface area contributed by atoms with E-state index in [2.05, 4.69) is 21.2 Å². The number of nitrogens with one attached hydrogen (secondary N) is 1. The minimum Gasteiger partial charge on any atom is -0.355 e. The van der Waals surface area contributed by atoms with E-state index in [1.54, 1.807) is 12.1 Å². The van der Waals surface area contributed by atoms with Crippen molar-refractivity contribution in [2.75, 3.05) is 5.32 Å². The zero-order chi connectivity index (χ0) is 14.8. The number of alkyl halides is 2. The molecule has 0 saturated carbocycles. The molecular weight excluding hydrogens is 326 g/mol. The Kier molecular flexibility index (Phi) is 4.40. The first-order valence-electron chi connectivity index (χ1n) is 6.14. The molecule has 0 unspecified atom stereocenters. The van der Waals surface area contributed by atoms with Gasteiger partial charge in [-0.1, -0.05) is 28.1 Å². The standard InChI is InChI=1S/C15H15BrF2N2/c1-15(17,18)13-8-11(16)4-7-14(13)20-12-5-2-10(9-19)3-6-12/h2-8,20H,9,19H2,1H3. The first-order chi connectivity index (χ1) is 9.40. The van der Waals surface area contributed by atoms with E-state index < -0.39 is 5.92 Å². The molecule has 0 aromatic heterocycles. The number of rotatable bonds is 4. The minimum atomic E-state index is -2.91. The lowest BCUT2D eigenvalue weighted by molar-refractivity contribution is 0.0182. The first kappa shape index (κ1) is 14.9. The van der Waals surface area contributed by atoms with Crippen molar-refractivity contribution in [1.29, 1.82) is 0 Å². The quantitative estimate of drug-likeness (QED) is 0.841. The van der Waals surface area contributed by atoms with Crippen LogP contribution in [0.25, 0.3) is 0 Å². The van der Waals surface area contributed by atoms with Gasteiger partial charge in [0.15, 0.2) is 0 Å². The van der Waals surface area contributed by atoms with Crippen LogP contribution in [0.4, 0.5) is 20.2 Å². The van der Waals surface area contributed by atoms with E-state index in [4.69, 9.17) is 5.73 Å². The first-order valence-corrected chi connectivity index (χ1v) is 6.93. The van der Waals surface area contributed by atoms with Gasteiger partial charge in [-0.2, -0.15) is 0 Å². The third-order valence-electron chi connectivity index (χ3n) is 2.92. The Morgan fingerprint density at radius 2 is 1.80 bits per heavy atom. The van der Waals surface area contributed by atoms with Crippen molar-refractivity contribution < 1.29 is 8.78 Å². The Labute approximate surface area is 125 Å². The Balaban J connectivity index is 2.32. The lowest BCUT2D eigenvalue weighted by atomic mass is 10.1. The average Bonchev–Trinajstić information content (AvgIpc) is 2.40. The Hall–Kier alpha value is -1.46. The summed E-state index contributed by atoms with van der Waals surface area (Å²) in [4.78, 5) is 0. The maximum Gasteiger partial charge on any atom is 0.272 e. The van der Waals surface area contributed by atoms with E-state index in [9.17, 15) is 8.78 Å². The van der Waals surface area contributed by atoms with E-state index in [0.717, 1.165) is 18.2 Å². The zero-order valence-electron chi connectivity index (χ0n) is 11.0. The lowest BCUT2D eigenvalue weighted by Crippen LogP contribution is -2.10. The van der Waals surface area contributed by atoms with Gasteiger partial charge in [0.05, 0.1) is 0 Å². The van der Waals surface area contributed by atoms with E-state index in [0.29, 0.717) is 16.7 Å².